The van der Waals surface area contributed by atoms with E-state index in [0.29, 0.717) is 0 Å². The van der Waals surface area contributed by atoms with E-state index < -0.39 is 0 Å². The molecule has 9 aromatic carbocycles. The van der Waals surface area contributed by atoms with Crippen molar-refractivity contribution in [2.45, 2.75) is 24.5 Å². The van der Waals surface area contributed by atoms with E-state index >= 15 is 0 Å². The van der Waals surface area contributed by atoms with Crippen LogP contribution in [-0.4, -0.2) is 14.2 Å². The highest BCUT2D eigenvalue weighted by Crippen LogP contribution is 2.53. The Kier molecular flexibility index (Phi) is 8.00. The smallest absolute Gasteiger partial charge is 0.135 e. The molecule has 14 rings (SSSR count). The average Bonchev–Trinajstić information content (AvgIpc) is 4.07. The van der Waals surface area contributed by atoms with Gasteiger partial charge in [0.1, 0.15) is 16.2 Å². The Morgan fingerprint density at radius 3 is 1.86 bits per heavy atom. The van der Waals surface area contributed by atoms with Crippen LogP contribution < -0.4 is 0 Å². The Balaban J connectivity index is 0.983. The van der Waals surface area contributed by atoms with Gasteiger partial charge >= 0.3 is 0 Å². The fourth-order valence-corrected chi connectivity index (χ4v) is 12.2. The van der Waals surface area contributed by atoms with Gasteiger partial charge in [0.05, 0.1) is 33.0 Å². The summed E-state index contributed by atoms with van der Waals surface area (Å²) in [6.45, 7) is 4.73. The van der Waals surface area contributed by atoms with Crippen LogP contribution in [0.1, 0.15) is 46.9 Å². The van der Waals surface area contributed by atoms with Gasteiger partial charge in [-0.25, -0.2) is 4.99 Å². The highest BCUT2D eigenvalue weighted by molar-refractivity contribution is 8.14. The molecule has 3 aromatic heterocycles. The second-order valence-corrected chi connectivity index (χ2v) is 19.4. The number of benzene rings is 9. The molecule has 5 heteroatoms. The van der Waals surface area contributed by atoms with Crippen LogP contribution in [0.25, 0.3) is 93.7 Å². The van der Waals surface area contributed by atoms with Crippen LogP contribution in [0.15, 0.2) is 216 Å². The number of furan rings is 1. The third-order valence-corrected chi connectivity index (χ3v) is 15.4. The third-order valence-electron chi connectivity index (χ3n) is 14.2. The Hall–Kier alpha value is -7.86. The van der Waals surface area contributed by atoms with E-state index in [1.165, 1.54) is 65.8 Å². The van der Waals surface area contributed by atoms with E-state index in [4.69, 9.17) is 9.41 Å². The maximum Gasteiger partial charge on any atom is 0.135 e. The first kappa shape index (κ1) is 37.5. The standard InChI is InChI=1S/C61H41N3OS/c1-61(2)50-34-56-48(32-44(50)45-33-49-43-23-13-15-25-57(43)65-58(49)35-51(45)61)42-22-12-14-24-53(42)64(56)41-27-29-55-47(31-41)46-30-39(26-28-54(46)63(55)40-20-10-5-11-21-40)52-36-59(37-16-6-3-7-17-37)66-60(62-52)38-18-8-4-9-19-38/h3-36,59H,1-2H3. The van der Waals surface area contributed by atoms with Crippen molar-refractivity contribution in [1.29, 1.82) is 0 Å². The van der Waals surface area contributed by atoms with Gasteiger partial charge in [-0.15, -0.1) is 0 Å². The monoisotopic (exact) mass is 863 g/mol. The topological polar surface area (TPSA) is 35.4 Å². The highest BCUT2D eigenvalue weighted by atomic mass is 32.2. The minimum absolute atomic E-state index is 0.127. The molecular weight excluding hydrogens is 823 g/mol. The van der Waals surface area contributed by atoms with Crippen molar-refractivity contribution < 1.29 is 4.42 Å². The van der Waals surface area contributed by atoms with Gasteiger partial charge in [0.25, 0.3) is 0 Å². The second kappa shape index (κ2) is 14.1. The lowest BCUT2D eigenvalue weighted by atomic mass is 9.82. The molecular formula is C61H41N3OS. The summed E-state index contributed by atoms with van der Waals surface area (Å²) in [5.41, 5.74) is 18.3. The van der Waals surface area contributed by atoms with Crippen LogP contribution in [0.4, 0.5) is 0 Å². The molecule has 66 heavy (non-hydrogen) atoms. The van der Waals surface area contributed by atoms with Gasteiger partial charge < -0.3 is 13.6 Å². The predicted octanol–water partition coefficient (Wildman–Crippen LogP) is 16.4. The molecule has 0 amide bonds. The molecule has 0 saturated heterocycles. The molecule has 1 aliphatic heterocycles. The number of aliphatic imine (C=N–C) groups is 1. The molecule has 1 aliphatic carbocycles. The number of rotatable bonds is 5. The zero-order valence-electron chi connectivity index (χ0n) is 36.4. The molecule has 1 atom stereocenters. The number of fused-ring (bicyclic) bond motifs is 12. The molecule has 0 spiro atoms. The van der Waals surface area contributed by atoms with Gasteiger partial charge in [-0.05, 0) is 113 Å². The molecule has 2 aliphatic rings. The van der Waals surface area contributed by atoms with Crippen molar-refractivity contribution in [2.75, 3.05) is 0 Å². The average molecular weight is 864 g/mol. The van der Waals surface area contributed by atoms with Gasteiger partial charge in [0, 0.05) is 60.2 Å². The van der Waals surface area contributed by atoms with Crippen molar-refractivity contribution >= 4 is 88.1 Å². The first-order chi connectivity index (χ1) is 32.5. The lowest BCUT2D eigenvalue weighted by molar-refractivity contribution is 0.647. The number of aromatic nitrogens is 2. The van der Waals surface area contributed by atoms with Crippen LogP contribution in [0, 0.1) is 0 Å². The Bertz CT molecular complexity index is 4040. The molecule has 12 aromatic rings. The van der Waals surface area contributed by atoms with Crippen LogP contribution in [0.2, 0.25) is 0 Å². The van der Waals surface area contributed by atoms with Gasteiger partial charge in [0.15, 0.2) is 0 Å². The number of hydrogen-bond acceptors (Lipinski definition) is 3. The highest BCUT2D eigenvalue weighted by Gasteiger charge is 2.37. The minimum atomic E-state index is -0.231. The van der Waals surface area contributed by atoms with Crippen molar-refractivity contribution in [3.05, 3.63) is 234 Å². The maximum atomic E-state index is 6.43. The Morgan fingerprint density at radius 2 is 1.06 bits per heavy atom. The molecule has 0 N–H and O–H groups in total. The molecule has 0 radical (unpaired) electrons. The van der Waals surface area contributed by atoms with Crippen LogP contribution in [0.5, 0.6) is 0 Å². The van der Waals surface area contributed by atoms with Crippen LogP contribution >= 0.6 is 11.8 Å². The summed E-state index contributed by atoms with van der Waals surface area (Å²) in [6, 6.07) is 73.0. The number of thioether (sulfide) groups is 1. The van der Waals surface area contributed by atoms with E-state index in [1.54, 1.807) is 0 Å². The second-order valence-electron chi connectivity index (χ2n) is 18.3. The van der Waals surface area contributed by atoms with Crippen molar-refractivity contribution in [3.8, 4) is 22.5 Å². The Labute approximate surface area is 385 Å². The normalized spacial score (nSPS) is 15.5. The lowest BCUT2D eigenvalue weighted by Crippen LogP contribution is -2.15. The number of para-hydroxylation sites is 3. The molecule has 0 bridgehead atoms. The first-order valence-corrected chi connectivity index (χ1v) is 23.6. The number of hydrogen-bond donors (Lipinski definition) is 0. The summed E-state index contributed by atoms with van der Waals surface area (Å²) < 4.78 is 11.3. The molecule has 312 valence electrons. The molecule has 0 fully saturated rings. The summed E-state index contributed by atoms with van der Waals surface area (Å²) in [5.74, 6) is 0. The van der Waals surface area contributed by atoms with Gasteiger partial charge in [-0.2, -0.15) is 0 Å². The SMILES string of the molecule is CC1(C)c2cc3oc4ccccc4c3cc2-c2cc3c4ccccc4n(-c4ccc5c(c4)c4cc(C6=CC(c7ccccc7)SC(c7ccccc7)=N6)ccc4n5-c4ccccc4)c3cc21. The largest absolute Gasteiger partial charge is 0.456 e. The molecule has 4 nitrogen and oxygen atoms in total. The summed E-state index contributed by atoms with van der Waals surface area (Å²) in [6.07, 6.45) is 2.34. The summed E-state index contributed by atoms with van der Waals surface area (Å²) >= 11 is 1.81. The fourth-order valence-electron chi connectivity index (χ4n) is 11.0. The van der Waals surface area contributed by atoms with E-state index in [2.05, 4.69) is 223 Å². The van der Waals surface area contributed by atoms with Crippen molar-refractivity contribution in [3.63, 3.8) is 0 Å². The summed E-state index contributed by atoms with van der Waals surface area (Å²) in [7, 11) is 0. The zero-order valence-corrected chi connectivity index (χ0v) is 37.2. The lowest BCUT2D eigenvalue weighted by Gasteiger charge is -2.21. The summed E-state index contributed by atoms with van der Waals surface area (Å²) in [5, 5.41) is 8.36. The van der Waals surface area contributed by atoms with E-state index in [-0.39, 0.29) is 10.7 Å². The molecule has 0 saturated carbocycles. The van der Waals surface area contributed by atoms with Crippen molar-refractivity contribution in [2.24, 2.45) is 4.99 Å². The minimum Gasteiger partial charge on any atom is -0.456 e. The molecule has 4 heterocycles. The van der Waals surface area contributed by atoms with Crippen LogP contribution in [0.3, 0.4) is 0 Å². The zero-order chi connectivity index (χ0) is 43.7. The van der Waals surface area contributed by atoms with E-state index in [1.807, 2.05) is 17.8 Å². The van der Waals surface area contributed by atoms with Gasteiger partial charge in [-0.1, -0.05) is 147 Å². The quantitative estimate of drug-likeness (QED) is 0.173. The predicted molar refractivity (Wildman–Crippen MR) is 278 cm³/mol. The molecule has 1 unspecified atom stereocenters. The van der Waals surface area contributed by atoms with E-state index in [9.17, 15) is 0 Å². The van der Waals surface area contributed by atoms with Crippen LogP contribution in [-0.2, 0) is 5.41 Å². The van der Waals surface area contributed by atoms with E-state index in [0.717, 1.165) is 60.8 Å². The maximum absolute atomic E-state index is 6.43. The van der Waals surface area contributed by atoms with Gasteiger partial charge in [-0.3, -0.25) is 0 Å². The Morgan fingerprint density at radius 1 is 0.455 bits per heavy atom. The van der Waals surface area contributed by atoms with Gasteiger partial charge in [0.2, 0.25) is 0 Å². The third kappa shape index (κ3) is 5.50. The number of nitrogens with zero attached hydrogens (tertiary/aromatic N) is 3. The first-order valence-electron chi connectivity index (χ1n) is 22.7. The fraction of sp³-hybridized carbons (Fsp3) is 0.0656. The summed E-state index contributed by atoms with van der Waals surface area (Å²) in [4.78, 5) is 5.38. The van der Waals surface area contributed by atoms with Crippen molar-refractivity contribution in [1.82, 2.24) is 9.13 Å².